The molecule has 0 atom stereocenters. The predicted octanol–water partition coefficient (Wildman–Crippen LogP) is 4.79. The van der Waals surface area contributed by atoms with Crippen LogP contribution in [0.25, 0.3) is 5.70 Å². The van der Waals surface area contributed by atoms with Gasteiger partial charge in [0, 0.05) is 30.2 Å². The van der Waals surface area contributed by atoms with Gasteiger partial charge in [-0.15, -0.1) is 5.53 Å². The maximum absolute atomic E-state index is 13.5. The van der Waals surface area contributed by atoms with E-state index in [0.29, 0.717) is 27.8 Å². The summed E-state index contributed by atoms with van der Waals surface area (Å²) in [4.78, 5) is 31.0. The number of methoxy groups -OCH3 is 1. The van der Waals surface area contributed by atoms with Crippen LogP contribution < -0.4 is 26.6 Å². The van der Waals surface area contributed by atoms with Gasteiger partial charge in [-0.25, -0.2) is 9.78 Å². The second kappa shape index (κ2) is 11.3. The Morgan fingerprint density at radius 3 is 2.62 bits per heavy atom. The second-order valence-corrected chi connectivity index (χ2v) is 9.94. The van der Waals surface area contributed by atoms with Crippen molar-refractivity contribution in [3.63, 3.8) is 0 Å². The lowest BCUT2D eigenvalue weighted by molar-refractivity contribution is -0.137. The number of nitrogens with zero attached hydrogens (tertiary/aromatic N) is 3. The molecule has 0 saturated heterocycles. The third-order valence-electron chi connectivity index (χ3n) is 5.54. The number of carbonyl (C=O) groups is 2. The number of benzene rings is 2. The topological polar surface area (TPSA) is 111 Å². The number of amides is 2. The number of hydrogen-bond donors (Lipinski definition) is 4. The number of carbonyl (C=O) groups excluding carboxylic acids is 2. The molecule has 39 heavy (non-hydrogen) atoms. The van der Waals surface area contributed by atoms with E-state index in [2.05, 4.69) is 31.3 Å². The highest BCUT2D eigenvalue weighted by molar-refractivity contribution is 7.16. The Morgan fingerprint density at radius 2 is 1.92 bits per heavy atom. The largest absolute Gasteiger partial charge is 0.453 e. The molecule has 0 radical (unpaired) electrons. The summed E-state index contributed by atoms with van der Waals surface area (Å²) >= 11 is 1.23. The zero-order valence-corrected chi connectivity index (χ0v) is 22.3. The van der Waals surface area contributed by atoms with Crippen LogP contribution in [-0.4, -0.2) is 43.1 Å². The Labute approximate surface area is 226 Å². The summed E-state index contributed by atoms with van der Waals surface area (Å²) in [6, 6.07) is 8.52. The molecule has 206 valence electrons. The molecule has 0 unspecified atom stereocenters. The molecule has 2 amide bonds. The first kappa shape index (κ1) is 27.9. The van der Waals surface area contributed by atoms with Crippen molar-refractivity contribution in [3.8, 4) is 0 Å². The van der Waals surface area contributed by atoms with E-state index < -0.39 is 23.7 Å². The van der Waals surface area contributed by atoms with Gasteiger partial charge in [0.2, 0.25) is 0 Å². The van der Waals surface area contributed by atoms with Gasteiger partial charge >= 0.3 is 12.3 Å². The van der Waals surface area contributed by atoms with Crippen LogP contribution in [0.15, 0.2) is 48.8 Å². The summed E-state index contributed by atoms with van der Waals surface area (Å²) in [5, 5.41) is 7.26. The van der Waals surface area contributed by atoms with Crippen molar-refractivity contribution < 1.29 is 27.5 Å². The highest BCUT2D eigenvalue weighted by Crippen LogP contribution is 2.32. The lowest BCUT2D eigenvalue weighted by atomic mass is 10.0. The quantitative estimate of drug-likeness (QED) is 0.326. The van der Waals surface area contributed by atoms with Crippen molar-refractivity contribution in [3.05, 3.63) is 75.9 Å². The molecule has 1 aliphatic rings. The first-order valence-corrected chi connectivity index (χ1v) is 12.4. The van der Waals surface area contributed by atoms with Crippen LogP contribution in [-0.2, 0) is 17.5 Å². The summed E-state index contributed by atoms with van der Waals surface area (Å²) < 4.78 is 45.0. The van der Waals surface area contributed by atoms with Crippen molar-refractivity contribution >= 4 is 45.5 Å². The van der Waals surface area contributed by atoms with Gasteiger partial charge in [0.1, 0.15) is 0 Å². The van der Waals surface area contributed by atoms with Gasteiger partial charge in [-0.2, -0.15) is 13.2 Å². The minimum atomic E-state index is -4.58. The number of halogens is 3. The van der Waals surface area contributed by atoms with E-state index in [-0.39, 0.29) is 12.1 Å². The van der Waals surface area contributed by atoms with Crippen LogP contribution in [0, 0.1) is 6.92 Å². The van der Waals surface area contributed by atoms with Crippen LogP contribution >= 0.6 is 11.3 Å². The van der Waals surface area contributed by atoms with E-state index in [1.165, 1.54) is 24.5 Å². The van der Waals surface area contributed by atoms with Crippen LogP contribution in [0.4, 0.5) is 34.5 Å². The Hall–Kier alpha value is -4.14. The molecule has 2 heterocycles. The van der Waals surface area contributed by atoms with Gasteiger partial charge in [-0.3, -0.25) is 15.1 Å². The number of hydrazine groups is 2. The average Bonchev–Trinajstić information content (AvgIpc) is 3.54. The summed E-state index contributed by atoms with van der Waals surface area (Å²) in [6.45, 7) is 2.13. The average molecular weight is 562 g/mol. The minimum Gasteiger partial charge on any atom is -0.453 e. The molecule has 10 nitrogen and oxygen atoms in total. The summed E-state index contributed by atoms with van der Waals surface area (Å²) in [7, 11) is 4.73. The minimum absolute atomic E-state index is 0.0893. The number of aryl methyl sites for hydroxylation is 1. The second-order valence-electron chi connectivity index (χ2n) is 8.91. The van der Waals surface area contributed by atoms with Gasteiger partial charge in [-0.05, 0) is 62.5 Å². The smallest absolute Gasteiger partial charge is 0.416 e. The van der Waals surface area contributed by atoms with Crippen LogP contribution in [0.3, 0.4) is 0 Å². The third-order valence-corrected chi connectivity index (χ3v) is 6.49. The number of alkyl halides is 3. The van der Waals surface area contributed by atoms with E-state index >= 15 is 0 Å². The van der Waals surface area contributed by atoms with Gasteiger partial charge in [0.15, 0.2) is 5.13 Å². The number of rotatable bonds is 7. The van der Waals surface area contributed by atoms with Crippen molar-refractivity contribution in [1.82, 2.24) is 20.8 Å². The standard InChI is InChI=1S/C25H26F3N7O3S/c1-14-5-6-18(30-22(36)16-7-15(12-34(2)3)8-17(9-16)25(26,27)28)10-20(14)35-13-19(32-33-35)21-11-29-23(39-21)31-24(37)38-4/h5-11,13,32-33H,12H2,1-4H3,(H,30,36)(H,29,31,37). The highest BCUT2D eigenvalue weighted by atomic mass is 32.1. The molecule has 2 aromatic carbocycles. The van der Waals surface area contributed by atoms with Gasteiger partial charge in [-0.1, -0.05) is 17.4 Å². The molecule has 1 aliphatic heterocycles. The van der Waals surface area contributed by atoms with E-state index in [4.69, 9.17) is 0 Å². The summed E-state index contributed by atoms with van der Waals surface area (Å²) in [6.07, 6.45) is -1.86. The van der Waals surface area contributed by atoms with E-state index in [0.717, 1.165) is 22.6 Å². The molecule has 4 N–H and O–H groups in total. The molecule has 14 heteroatoms. The summed E-state index contributed by atoms with van der Waals surface area (Å²) in [5.41, 5.74) is 8.06. The lowest BCUT2D eigenvalue weighted by Crippen LogP contribution is -2.36. The number of aromatic nitrogens is 1. The van der Waals surface area contributed by atoms with Crippen LogP contribution in [0.2, 0.25) is 0 Å². The van der Waals surface area contributed by atoms with Crippen molar-refractivity contribution in [1.29, 1.82) is 0 Å². The van der Waals surface area contributed by atoms with Gasteiger partial charge < -0.3 is 20.4 Å². The molecule has 3 aromatic rings. The van der Waals surface area contributed by atoms with Crippen molar-refractivity contribution in [2.45, 2.75) is 19.6 Å². The van der Waals surface area contributed by atoms with Crippen molar-refractivity contribution in [2.24, 2.45) is 0 Å². The molecular formula is C25H26F3N7O3S. The normalized spacial score (nSPS) is 13.2. The number of hydrogen-bond acceptors (Lipinski definition) is 9. The van der Waals surface area contributed by atoms with E-state index in [1.807, 2.05) is 6.92 Å². The molecule has 0 saturated carbocycles. The monoisotopic (exact) mass is 561 g/mol. The van der Waals surface area contributed by atoms with Crippen LogP contribution in [0.5, 0.6) is 0 Å². The highest BCUT2D eigenvalue weighted by Gasteiger charge is 2.32. The number of thiazole rings is 1. The zero-order valence-electron chi connectivity index (χ0n) is 21.4. The fourth-order valence-corrected chi connectivity index (χ4v) is 4.52. The Bertz CT molecular complexity index is 1420. The van der Waals surface area contributed by atoms with Crippen molar-refractivity contribution in [2.75, 3.05) is 36.8 Å². The molecule has 4 rings (SSSR count). The zero-order chi connectivity index (χ0) is 28.3. The molecule has 0 aliphatic carbocycles. The molecule has 0 spiro atoms. The summed E-state index contributed by atoms with van der Waals surface area (Å²) in [5.74, 6) is -0.657. The van der Waals surface area contributed by atoms with Crippen LogP contribution in [0.1, 0.15) is 31.9 Å². The Kier molecular flexibility index (Phi) is 8.09. The maximum atomic E-state index is 13.5. The van der Waals surface area contributed by atoms with Gasteiger partial charge in [0.05, 0.1) is 28.9 Å². The Balaban J connectivity index is 1.54. The lowest BCUT2D eigenvalue weighted by Gasteiger charge is -2.19. The Morgan fingerprint density at radius 1 is 1.15 bits per heavy atom. The fraction of sp³-hybridized carbons (Fsp3) is 0.240. The SMILES string of the molecule is COC(=O)Nc1ncc(C2=CN(c3cc(NC(=O)c4cc(CN(C)C)cc(C(F)(F)F)c4)ccc3C)NN2)s1. The van der Waals surface area contributed by atoms with E-state index in [9.17, 15) is 22.8 Å². The molecule has 0 fully saturated rings. The fourth-order valence-electron chi connectivity index (χ4n) is 3.76. The van der Waals surface area contributed by atoms with E-state index in [1.54, 1.807) is 54.6 Å². The molecule has 1 aromatic heterocycles. The molecule has 0 bridgehead atoms. The molecular weight excluding hydrogens is 535 g/mol. The van der Waals surface area contributed by atoms with Gasteiger partial charge in [0.25, 0.3) is 5.91 Å². The number of anilines is 3. The number of nitrogens with one attached hydrogen (secondary N) is 4. The third kappa shape index (κ3) is 6.85. The first-order chi connectivity index (χ1) is 18.4. The first-order valence-electron chi connectivity index (χ1n) is 11.5. The maximum Gasteiger partial charge on any atom is 0.416 e. The number of ether oxygens (including phenoxy) is 1. The predicted molar refractivity (Wildman–Crippen MR) is 143 cm³/mol.